The van der Waals surface area contributed by atoms with E-state index in [4.69, 9.17) is 0 Å². The molecule has 0 saturated heterocycles. The molecule has 2 aromatic rings. The summed E-state index contributed by atoms with van der Waals surface area (Å²) in [6.07, 6.45) is 1.95. The van der Waals surface area contributed by atoms with Crippen LogP contribution < -0.4 is 10.2 Å². The number of aryl methyl sites for hydroxylation is 1. The lowest BCUT2D eigenvalue weighted by Crippen LogP contribution is -2.13. The van der Waals surface area contributed by atoms with Gasteiger partial charge in [0.25, 0.3) is 0 Å². The molecule has 0 saturated carbocycles. The fraction of sp³-hybridized carbons (Fsp3) is 0.267. The number of aromatic nitrogens is 1. The molecule has 1 aromatic carbocycles. The van der Waals surface area contributed by atoms with Crippen LogP contribution in [0.25, 0.3) is 0 Å². The smallest absolute Gasteiger partial charge is 0.132 e. The molecule has 0 spiro atoms. The Labute approximate surface area is 108 Å². The lowest BCUT2D eigenvalue weighted by Gasteiger charge is -2.19. The molecule has 94 valence electrons. The maximum absolute atomic E-state index is 4.52. The van der Waals surface area contributed by atoms with E-state index < -0.39 is 0 Å². The van der Waals surface area contributed by atoms with Crippen molar-refractivity contribution in [3.05, 3.63) is 53.7 Å². The molecule has 0 atom stereocenters. The molecule has 0 amide bonds. The van der Waals surface area contributed by atoms with Gasteiger partial charge in [0.05, 0.1) is 0 Å². The Balaban J connectivity index is 2.26. The maximum Gasteiger partial charge on any atom is 0.132 e. The van der Waals surface area contributed by atoms with Crippen molar-refractivity contribution in [3.63, 3.8) is 0 Å². The highest BCUT2D eigenvalue weighted by molar-refractivity contribution is 5.59. The first-order valence-electron chi connectivity index (χ1n) is 6.11. The standard InChI is InChI=1S/C15H19N3/c1-12-9-15(17-11-13(12)10-16-2)18(3)14-7-5-4-6-8-14/h4-9,11,16H,10H2,1-3H3. The number of nitrogens with zero attached hydrogens (tertiary/aromatic N) is 2. The number of pyridine rings is 1. The van der Waals surface area contributed by atoms with Gasteiger partial charge < -0.3 is 10.2 Å². The van der Waals surface area contributed by atoms with Gasteiger partial charge >= 0.3 is 0 Å². The molecule has 0 fully saturated rings. The maximum atomic E-state index is 4.52. The first-order chi connectivity index (χ1) is 8.72. The second kappa shape index (κ2) is 5.65. The molecule has 0 aliphatic heterocycles. The summed E-state index contributed by atoms with van der Waals surface area (Å²) in [4.78, 5) is 6.61. The SMILES string of the molecule is CNCc1cnc(N(C)c2ccccc2)cc1C. The van der Waals surface area contributed by atoms with Gasteiger partial charge in [-0.2, -0.15) is 0 Å². The Morgan fingerprint density at radius 1 is 1.22 bits per heavy atom. The quantitative estimate of drug-likeness (QED) is 0.892. The summed E-state index contributed by atoms with van der Waals surface area (Å²) < 4.78 is 0. The van der Waals surface area contributed by atoms with Crippen LogP contribution in [0.1, 0.15) is 11.1 Å². The Bertz CT molecular complexity index is 508. The van der Waals surface area contributed by atoms with Crippen LogP contribution in [0.3, 0.4) is 0 Å². The highest BCUT2D eigenvalue weighted by Gasteiger charge is 2.06. The van der Waals surface area contributed by atoms with Crippen molar-refractivity contribution in [2.45, 2.75) is 13.5 Å². The number of anilines is 2. The van der Waals surface area contributed by atoms with Crippen LogP contribution in [0.4, 0.5) is 11.5 Å². The Kier molecular flexibility index (Phi) is 3.95. The van der Waals surface area contributed by atoms with Gasteiger partial charge in [0, 0.05) is 25.5 Å². The van der Waals surface area contributed by atoms with E-state index in [1.807, 2.05) is 38.5 Å². The minimum absolute atomic E-state index is 0.855. The van der Waals surface area contributed by atoms with E-state index in [1.54, 1.807) is 0 Å². The third kappa shape index (κ3) is 2.68. The molecule has 1 N–H and O–H groups in total. The van der Waals surface area contributed by atoms with Gasteiger partial charge in [0.2, 0.25) is 0 Å². The molecule has 1 aromatic heterocycles. The highest BCUT2D eigenvalue weighted by atomic mass is 15.2. The lowest BCUT2D eigenvalue weighted by atomic mass is 10.1. The predicted octanol–water partition coefficient (Wildman–Crippen LogP) is 2.88. The lowest BCUT2D eigenvalue weighted by molar-refractivity contribution is 0.806. The topological polar surface area (TPSA) is 28.2 Å². The first kappa shape index (κ1) is 12.6. The minimum atomic E-state index is 0.855. The van der Waals surface area contributed by atoms with Crippen LogP contribution in [0.2, 0.25) is 0 Å². The van der Waals surface area contributed by atoms with Gasteiger partial charge in [-0.3, -0.25) is 0 Å². The van der Waals surface area contributed by atoms with Crippen molar-refractivity contribution >= 4 is 11.5 Å². The number of para-hydroxylation sites is 1. The van der Waals surface area contributed by atoms with Crippen LogP contribution in [0.5, 0.6) is 0 Å². The zero-order valence-electron chi connectivity index (χ0n) is 11.1. The number of rotatable bonds is 4. The van der Waals surface area contributed by atoms with Gasteiger partial charge in [-0.05, 0) is 43.3 Å². The van der Waals surface area contributed by atoms with E-state index in [-0.39, 0.29) is 0 Å². The van der Waals surface area contributed by atoms with E-state index in [9.17, 15) is 0 Å². The van der Waals surface area contributed by atoms with E-state index in [2.05, 4.69) is 40.3 Å². The molecule has 3 heteroatoms. The van der Waals surface area contributed by atoms with Crippen LogP contribution in [-0.2, 0) is 6.54 Å². The Morgan fingerprint density at radius 3 is 2.56 bits per heavy atom. The molecule has 0 aliphatic rings. The number of benzene rings is 1. The summed E-state index contributed by atoms with van der Waals surface area (Å²) in [5.41, 5.74) is 3.64. The van der Waals surface area contributed by atoms with Crippen LogP contribution in [-0.4, -0.2) is 19.1 Å². The van der Waals surface area contributed by atoms with E-state index in [1.165, 1.54) is 11.1 Å². The second-order valence-electron chi connectivity index (χ2n) is 4.39. The third-order valence-corrected chi connectivity index (χ3v) is 3.06. The van der Waals surface area contributed by atoms with Crippen LogP contribution >= 0.6 is 0 Å². The number of hydrogen-bond donors (Lipinski definition) is 1. The average molecular weight is 241 g/mol. The molecular formula is C15H19N3. The molecule has 2 rings (SSSR count). The zero-order chi connectivity index (χ0) is 13.0. The molecule has 1 heterocycles. The molecule has 18 heavy (non-hydrogen) atoms. The van der Waals surface area contributed by atoms with Crippen molar-refractivity contribution in [2.75, 3.05) is 19.0 Å². The second-order valence-corrected chi connectivity index (χ2v) is 4.39. The van der Waals surface area contributed by atoms with Crippen molar-refractivity contribution in [2.24, 2.45) is 0 Å². The zero-order valence-corrected chi connectivity index (χ0v) is 11.1. The monoisotopic (exact) mass is 241 g/mol. The van der Waals surface area contributed by atoms with Gasteiger partial charge in [-0.1, -0.05) is 18.2 Å². The normalized spacial score (nSPS) is 10.4. The van der Waals surface area contributed by atoms with Gasteiger partial charge in [0.1, 0.15) is 5.82 Å². The summed E-state index contributed by atoms with van der Waals surface area (Å²) in [6, 6.07) is 12.4. The van der Waals surface area contributed by atoms with E-state index in [0.717, 1.165) is 18.1 Å². The molecular weight excluding hydrogens is 222 g/mol. The minimum Gasteiger partial charge on any atom is -0.329 e. The molecule has 0 bridgehead atoms. The summed E-state index contributed by atoms with van der Waals surface area (Å²) >= 11 is 0. The number of nitrogens with one attached hydrogen (secondary N) is 1. The fourth-order valence-electron chi connectivity index (χ4n) is 1.91. The molecule has 0 unspecified atom stereocenters. The summed E-state index contributed by atoms with van der Waals surface area (Å²) in [5.74, 6) is 0.971. The van der Waals surface area contributed by atoms with Crippen molar-refractivity contribution < 1.29 is 0 Å². The first-order valence-corrected chi connectivity index (χ1v) is 6.11. The van der Waals surface area contributed by atoms with E-state index in [0.29, 0.717) is 0 Å². The van der Waals surface area contributed by atoms with Gasteiger partial charge in [-0.25, -0.2) is 4.98 Å². The summed E-state index contributed by atoms with van der Waals surface area (Å²) in [6.45, 7) is 2.98. The summed E-state index contributed by atoms with van der Waals surface area (Å²) in [7, 11) is 3.98. The van der Waals surface area contributed by atoms with Gasteiger partial charge in [0.15, 0.2) is 0 Å². The van der Waals surface area contributed by atoms with Crippen LogP contribution in [0.15, 0.2) is 42.6 Å². The number of hydrogen-bond acceptors (Lipinski definition) is 3. The molecule has 0 aliphatic carbocycles. The molecule has 3 nitrogen and oxygen atoms in total. The van der Waals surface area contributed by atoms with Gasteiger partial charge in [-0.15, -0.1) is 0 Å². The third-order valence-electron chi connectivity index (χ3n) is 3.06. The Morgan fingerprint density at radius 2 is 1.94 bits per heavy atom. The highest BCUT2D eigenvalue weighted by Crippen LogP contribution is 2.22. The molecule has 0 radical (unpaired) electrons. The van der Waals surface area contributed by atoms with Crippen molar-refractivity contribution in [1.29, 1.82) is 0 Å². The predicted molar refractivity (Wildman–Crippen MR) is 76.2 cm³/mol. The summed E-state index contributed by atoms with van der Waals surface area (Å²) in [5, 5.41) is 3.15. The fourth-order valence-corrected chi connectivity index (χ4v) is 1.91. The van der Waals surface area contributed by atoms with Crippen molar-refractivity contribution in [1.82, 2.24) is 10.3 Å². The Hall–Kier alpha value is -1.87. The van der Waals surface area contributed by atoms with Crippen LogP contribution in [0, 0.1) is 6.92 Å². The largest absolute Gasteiger partial charge is 0.329 e. The van der Waals surface area contributed by atoms with E-state index >= 15 is 0 Å². The van der Waals surface area contributed by atoms with Crippen molar-refractivity contribution in [3.8, 4) is 0 Å². The average Bonchev–Trinajstić information content (AvgIpc) is 2.41.